The molecule has 0 unspecified atom stereocenters. The fourth-order valence-corrected chi connectivity index (χ4v) is 5.17. The van der Waals surface area contributed by atoms with E-state index in [0.29, 0.717) is 63.1 Å². The number of benzene rings is 2. The minimum Gasteiger partial charge on any atom is -0.507 e. The first kappa shape index (κ1) is 27.0. The summed E-state index contributed by atoms with van der Waals surface area (Å²) in [5, 5.41) is 11.4. The number of unbranched alkanes of at least 4 members (excludes halogenated alkanes) is 1. The van der Waals surface area contributed by atoms with E-state index in [0.717, 1.165) is 43.8 Å². The summed E-state index contributed by atoms with van der Waals surface area (Å²) in [4.78, 5) is 30.6. The second kappa shape index (κ2) is 12.5. The number of likely N-dealkylation sites (tertiary alicyclic amines) is 1. The molecule has 9 nitrogen and oxygen atoms in total. The quantitative estimate of drug-likeness (QED) is 0.212. The van der Waals surface area contributed by atoms with E-state index in [1.165, 1.54) is 0 Å². The predicted octanol–water partition coefficient (Wildman–Crippen LogP) is 3.78. The van der Waals surface area contributed by atoms with Gasteiger partial charge in [-0.2, -0.15) is 0 Å². The molecule has 0 aromatic heterocycles. The molecule has 2 saturated heterocycles. The highest BCUT2D eigenvalue weighted by Gasteiger charge is 2.46. The Morgan fingerprint density at radius 1 is 0.949 bits per heavy atom. The van der Waals surface area contributed by atoms with E-state index in [4.69, 9.17) is 18.9 Å². The summed E-state index contributed by atoms with van der Waals surface area (Å²) in [7, 11) is 0. The highest BCUT2D eigenvalue weighted by molar-refractivity contribution is 6.46. The Labute approximate surface area is 228 Å². The number of aliphatic hydroxyl groups excluding tert-OH is 1. The van der Waals surface area contributed by atoms with Crippen molar-refractivity contribution in [3.05, 3.63) is 59.2 Å². The first-order valence-electron chi connectivity index (χ1n) is 13.8. The fourth-order valence-electron chi connectivity index (χ4n) is 5.17. The van der Waals surface area contributed by atoms with Crippen LogP contribution >= 0.6 is 0 Å². The molecular formula is C30H36N2O7. The van der Waals surface area contributed by atoms with Crippen molar-refractivity contribution < 1.29 is 33.6 Å². The van der Waals surface area contributed by atoms with Crippen LogP contribution < -0.4 is 14.2 Å². The van der Waals surface area contributed by atoms with Crippen LogP contribution in [0.5, 0.6) is 17.2 Å². The van der Waals surface area contributed by atoms with Gasteiger partial charge in [0.25, 0.3) is 11.7 Å². The second-order valence-corrected chi connectivity index (χ2v) is 9.93. The molecule has 0 radical (unpaired) electrons. The second-order valence-electron chi connectivity index (χ2n) is 9.93. The molecule has 1 amide bonds. The van der Waals surface area contributed by atoms with Gasteiger partial charge < -0.3 is 29.0 Å². The van der Waals surface area contributed by atoms with Gasteiger partial charge in [0.15, 0.2) is 11.5 Å². The number of rotatable bonds is 10. The topological polar surface area (TPSA) is 97.8 Å². The smallest absolute Gasteiger partial charge is 0.295 e. The van der Waals surface area contributed by atoms with Crippen LogP contribution in [-0.2, 0) is 14.3 Å². The molecule has 0 saturated carbocycles. The lowest BCUT2D eigenvalue weighted by Crippen LogP contribution is -2.38. The number of ether oxygens (including phenoxy) is 4. The van der Waals surface area contributed by atoms with E-state index in [2.05, 4.69) is 11.8 Å². The van der Waals surface area contributed by atoms with Crippen molar-refractivity contribution in [2.45, 2.75) is 32.2 Å². The Balaban J connectivity index is 1.45. The average molecular weight is 537 g/mol. The monoisotopic (exact) mass is 536 g/mol. The Morgan fingerprint density at radius 2 is 1.69 bits per heavy atom. The summed E-state index contributed by atoms with van der Waals surface area (Å²) >= 11 is 0. The minimum atomic E-state index is -0.715. The summed E-state index contributed by atoms with van der Waals surface area (Å²) in [6.45, 7) is 7.88. The third-order valence-electron chi connectivity index (χ3n) is 7.30. The summed E-state index contributed by atoms with van der Waals surface area (Å²) < 4.78 is 22.5. The van der Waals surface area contributed by atoms with Crippen molar-refractivity contribution in [3.63, 3.8) is 0 Å². The molecule has 3 heterocycles. The molecule has 0 aliphatic carbocycles. The average Bonchev–Trinajstić information content (AvgIpc) is 3.22. The zero-order valence-corrected chi connectivity index (χ0v) is 22.4. The van der Waals surface area contributed by atoms with Gasteiger partial charge in [0.05, 0.1) is 31.4 Å². The van der Waals surface area contributed by atoms with Gasteiger partial charge in [0.2, 0.25) is 0 Å². The van der Waals surface area contributed by atoms with E-state index >= 15 is 0 Å². The molecule has 1 N–H and O–H groups in total. The number of hydrogen-bond donors (Lipinski definition) is 1. The molecule has 9 heteroatoms. The van der Waals surface area contributed by atoms with E-state index in [1.807, 2.05) is 24.3 Å². The highest BCUT2D eigenvalue weighted by Crippen LogP contribution is 2.41. The van der Waals surface area contributed by atoms with Crippen molar-refractivity contribution in [2.24, 2.45) is 0 Å². The number of amides is 1. The predicted molar refractivity (Wildman–Crippen MR) is 145 cm³/mol. The van der Waals surface area contributed by atoms with Crippen LogP contribution in [0.15, 0.2) is 48.0 Å². The molecule has 3 aliphatic heterocycles. The van der Waals surface area contributed by atoms with Gasteiger partial charge in [-0.1, -0.05) is 25.5 Å². The Hall–Kier alpha value is -3.56. The summed E-state index contributed by atoms with van der Waals surface area (Å²) in [5.41, 5.74) is 1.21. The molecule has 2 aromatic rings. The van der Waals surface area contributed by atoms with Crippen LogP contribution in [0.3, 0.4) is 0 Å². The van der Waals surface area contributed by atoms with Gasteiger partial charge in [0, 0.05) is 31.7 Å². The number of aliphatic hydroxyl groups is 1. The van der Waals surface area contributed by atoms with Crippen LogP contribution in [0.2, 0.25) is 0 Å². The van der Waals surface area contributed by atoms with Crippen LogP contribution in [0.1, 0.15) is 43.4 Å². The van der Waals surface area contributed by atoms with Crippen molar-refractivity contribution in [2.75, 3.05) is 59.2 Å². The maximum Gasteiger partial charge on any atom is 0.295 e. The minimum absolute atomic E-state index is 0.0719. The number of nitrogens with zero attached hydrogens (tertiary/aromatic N) is 2. The van der Waals surface area contributed by atoms with Crippen molar-refractivity contribution >= 4 is 17.4 Å². The molecule has 3 aliphatic rings. The third-order valence-corrected chi connectivity index (χ3v) is 7.30. The molecule has 0 spiro atoms. The molecular weight excluding hydrogens is 500 g/mol. The molecule has 5 rings (SSSR count). The maximum atomic E-state index is 13.4. The lowest BCUT2D eigenvalue weighted by Gasteiger charge is -2.29. The molecule has 2 aromatic carbocycles. The van der Waals surface area contributed by atoms with Crippen LogP contribution in [0.4, 0.5) is 0 Å². The zero-order valence-electron chi connectivity index (χ0n) is 22.4. The summed E-state index contributed by atoms with van der Waals surface area (Å²) in [5.74, 6) is 0.274. The number of carbonyl (C=O) groups excluding carboxylic acids is 2. The van der Waals surface area contributed by atoms with Crippen LogP contribution in [0.25, 0.3) is 5.76 Å². The number of Topliss-reactive ketones (excluding diaryl/α,β-unsaturated/α-hetero) is 1. The third kappa shape index (κ3) is 6.04. The molecule has 1 atom stereocenters. The number of ketones is 1. The zero-order chi connectivity index (χ0) is 27.2. The number of morpholine rings is 1. The van der Waals surface area contributed by atoms with Crippen molar-refractivity contribution in [3.8, 4) is 17.2 Å². The number of fused-ring (bicyclic) bond motifs is 1. The highest BCUT2D eigenvalue weighted by atomic mass is 16.6. The van der Waals surface area contributed by atoms with Crippen molar-refractivity contribution in [1.29, 1.82) is 0 Å². The summed E-state index contributed by atoms with van der Waals surface area (Å²) in [6.07, 6.45) is 2.70. The van der Waals surface area contributed by atoms with E-state index in [1.54, 1.807) is 23.1 Å². The lowest BCUT2D eigenvalue weighted by atomic mass is 9.95. The van der Waals surface area contributed by atoms with Gasteiger partial charge in [0.1, 0.15) is 24.7 Å². The van der Waals surface area contributed by atoms with Gasteiger partial charge in [-0.05, 0) is 48.7 Å². The van der Waals surface area contributed by atoms with Gasteiger partial charge in [-0.3, -0.25) is 14.5 Å². The fraction of sp³-hybridized carbons (Fsp3) is 0.467. The van der Waals surface area contributed by atoms with Gasteiger partial charge in [-0.15, -0.1) is 0 Å². The maximum absolute atomic E-state index is 13.4. The molecule has 0 bridgehead atoms. The SMILES string of the molecule is CCCCOc1ccc([C@@H]2C(=C(O)c3ccc4c(c3)OCCO4)C(=O)C(=O)N2CCCN2CCOCC2)cc1. The van der Waals surface area contributed by atoms with Crippen molar-refractivity contribution in [1.82, 2.24) is 9.80 Å². The first-order valence-corrected chi connectivity index (χ1v) is 13.8. The first-order chi connectivity index (χ1) is 19.1. The standard InChI is InChI=1S/C30H36N2O7/c1-2-3-15-37-23-8-5-21(6-9-23)27-26(28(33)22-7-10-24-25(20-22)39-19-18-38-24)29(34)30(35)32(27)12-4-11-31-13-16-36-17-14-31/h5-10,20,27,33H,2-4,11-19H2,1H3/t27-/m1/s1. The van der Waals surface area contributed by atoms with Gasteiger partial charge in [-0.25, -0.2) is 0 Å². The Kier molecular flexibility index (Phi) is 8.68. The van der Waals surface area contributed by atoms with E-state index in [9.17, 15) is 14.7 Å². The van der Waals surface area contributed by atoms with E-state index < -0.39 is 17.7 Å². The Bertz CT molecular complexity index is 1200. The van der Waals surface area contributed by atoms with E-state index in [-0.39, 0.29) is 11.3 Å². The van der Waals surface area contributed by atoms with Crippen LogP contribution in [-0.4, -0.2) is 85.8 Å². The lowest BCUT2D eigenvalue weighted by molar-refractivity contribution is -0.140. The number of hydrogen-bond acceptors (Lipinski definition) is 8. The van der Waals surface area contributed by atoms with Crippen LogP contribution in [0, 0.1) is 0 Å². The number of carbonyl (C=O) groups is 2. The normalized spacial score (nSPS) is 20.8. The largest absolute Gasteiger partial charge is 0.507 e. The molecule has 39 heavy (non-hydrogen) atoms. The molecule has 208 valence electrons. The molecule has 2 fully saturated rings. The Morgan fingerprint density at radius 3 is 2.44 bits per heavy atom. The summed E-state index contributed by atoms with van der Waals surface area (Å²) in [6, 6.07) is 11.7. The van der Waals surface area contributed by atoms with Gasteiger partial charge >= 0.3 is 0 Å².